The molecule has 0 saturated heterocycles. The van der Waals surface area contributed by atoms with Crippen LogP contribution in [0.1, 0.15) is 15.6 Å². The molecule has 0 atom stereocenters. The van der Waals surface area contributed by atoms with Gasteiger partial charge in [-0.2, -0.15) is 0 Å². The highest BCUT2D eigenvalue weighted by Gasteiger charge is 1.98. The average molecular weight is 219 g/mol. The lowest BCUT2D eigenvalue weighted by molar-refractivity contribution is 1.10. The second-order valence-electron chi connectivity index (χ2n) is 3.36. The lowest BCUT2D eigenvalue weighted by Crippen LogP contribution is -1.99. The Labute approximate surface area is 93.2 Å². The minimum atomic E-state index is 0.794. The maximum absolute atomic E-state index is 4.37. The van der Waals surface area contributed by atoms with Crippen LogP contribution in [0.2, 0.25) is 0 Å². The quantitative estimate of drug-likeness (QED) is 0.862. The van der Waals surface area contributed by atoms with E-state index in [-0.39, 0.29) is 0 Å². The molecule has 2 heterocycles. The molecule has 2 aromatic rings. The summed E-state index contributed by atoms with van der Waals surface area (Å²) in [4.78, 5) is 9.80. The Balaban J connectivity index is 1.99. The van der Waals surface area contributed by atoms with Gasteiger partial charge < -0.3 is 5.32 Å². The van der Waals surface area contributed by atoms with Gasteiger partial charge in [0.1, 0.15) is 5.82 Å². The summed E-state index contributed by atoms with van der Waals surface area (Å²) in [5.41, 5.74) is 1.03. The Morgan fingerprint density at radius 3 is 2.87 bits per heavy atom. The number of hydrogen-bond acceptors (Lipinski definition) is 4. The summed E-state index contributed by atoms with van der Waals surface area (Å²) < 4.78 is 0. The zero-order valence-electron chi connectivity index (χ0n) is 8.82. The van der Waals surface area contributed by atoms with Gasteiger partial charge in [-0.05, 0) is 26.0 Å². The van der Waals surface area contributed by atoms with E-state index < -0.39 is 0 Å². The highest BCUT2D eigenvalue weighted by Crippen LogP contribution is 2.13. The van der Waals surface area contributed by atoms with Crippen LogP contribution in [0.25, 0.3) is 0 Å². The predicted octanol–water partition coefficient (Wildman–Crippen LogP) is 2.77. The Hall–Kier alpha value is -1.42. The summed E-state index contributed by atoms with van der Waals surface area (Å²) in [6.45, 7) is 4.79. The first-order valence-corrected chi connectivity index (χ1v) is 5.64. The first kappa shape index (κ1) is 10.1. The molecule has 0 bridgehead atoms. The number of pyridine rings is 1. The van der Waals surface area contributed by atoms with Crippen LogP contribution in [0.15, 0.2) is 24.4 Å². The van der Waals surface area contributed by atoms with Crippen LogP contribution in [0.4, 0.5) is 5.82 Å². The van der Waals surface area contributed by atoms with Crippen molar-refractivity contribution in [1.29, 1.82) is 0 Å². The molecule has 15 heavy (non-hydrogen) atoms. The molecule has 0 aromatic carbocycles. The monoisotopic (exact) mass is 219 g/mol. The van der Waals surface area contributed by atoms with E-state index in [1.165, 1.54) is 4.88 Å². The third-order valence-electron chi connectivity index (χ3n) is 2.00. The highest BCUT2D eigenvalue weighted by molar-refractivity contribution is 7.11. The van der Waals surface area contributed by atoms with Gasteiger partial charge in [0.05, 0.1) is 11.6 Å². The van der Waals surface area contributed by atoms with Crippen LogP contribution < -0.4 is 5.32 Å². The number of aromatic nitrogens is 2. The van der Waals surface area contributed by atoms with Crippen molar-refractivity contribution >= 4 is 17.2 Å². The van der Waals surface area contributed by atoms with Gasteiger partial charge in [-0.3, -0.25) is 0 Å². The zero-order chi connectivity index (χ0) is 10.7. The second-order valence-corrected chi connectivity index (χ2v) is 4.68. The van der Waals surface area contributed by atoms with Gasteiger partial charge in [0.15, 0.2) is 0 Å². The number of rotatable bonds is 3. The average Bonchev–Trinajstić information content (AvgIpc) is 2.62. The SMILES string of the molecule is Cc1cccc(NCc2cnc(C)s2)n1. The minimum absolute atomic E-state index is 0.794. The maximum Gasteiger partial charge on any atom is 0.126 e. The van der Waals surface area contributed by atoms with Gasteiger partial charge >= 0.3 is 0 Å². The van der Waals surface area contributed by atoms with Gasteiger partial charge in [-0.15, -0.1) is 11.3 Å². The summed E-state index contributed by atoms with van der Waals surface area (Å²) in [5.74, 6) is 0.918. The molecule has 0 fully saturated rings. The van der Waals surface area contributed by atoms with E-state index in [2.05, 4.69) is 15.3 Å². The van der Waals surface area contributed by atoms with Gasteiger partial charge in [-0.25, -0.2) is 9.97 Å². The van der Waals surface area contributed by atoms with E-state index in [1.807, 2.05) is 38.2 Å². The van der Waals surface area contributed by atoms with Crippen LogP contribution >= 0.6 is 11.3 Å². The summed E-state index contributed by atoms with van der Waals surface area (Å²) in [7, 11) is 0. The van der Waals surface area contributed by atoms with Crippen LogP contribution in [-0.2, 0) is 6.54 Å². The first-order chi connectivity index (χ1) is 7.24. The van der Waals surface area contributed by atoms with E-state index in [9.17, 15) is 0 Å². The maximum atomic E-state index is 4.37. The van der Waals surface area contributed by atoms with Crippen molar-refractivity contribution < 1.29 is 0 Å². The summed E-state index contributed by atoms with van der Waals surface area (Å²) in [6, 6.07) is 5.96. The second kappa shape index (κ2) is 4.40. The zero-order valence-corrected chi connectivity index (χ0v) is 9.64. The normalized spacial score (nSPS) is 10.3. The van der Waals surface area contributed by atoms with Gasteiger partial charge in [0.2, 0.25) is 0 Å². The van der Waals surface area contributed by atoms with Gasteiger partial charge in [0, 0.05) is 16.8 Å². The molecule has 2 rings (SSSR count). The van der Waals surface area contributed by atoms with Crippen molar-refractivity contribution in [1.82, 2.24) is 9.97 Å². The number of hydrogen-bond donors (Lipinski definition) is 1. The van der Waals surface area contributed by atoms with Crippen LogP contribution in [-0.4, -0.2) is 9.97 Å². The standard InChI is InChI=1S/C11H13N3S/c1-8-4-3-5-11(14-8)13-7-10-6-12-9(2)15-10/h3-6H,7H2,1-2H3,(H,13,14). The number of nitrogens with one attached hydrogen (secondary N) is 1. The largest absolute Gasteiger partial charge is 0.365 e. The fourth-order valence-electron chi connectivity index (χ4n) is 1.31. The van der Waals surface area contributed by atoms with E-state index in [0.29, 0.717) is 0 Å². The summed E-state index contributed by atoms with van der Waals surface area (Å²) >= 11 is 1.71. The fraction of sp³-hybridized carbons (Fsp3) is 0.273. The molecule has 0 aliphatic heterocycles. The molecule has 1 N–H and O–H groups in total. The van der Waals surface area contributed by atoms with Crippen molar-refractivity contribution in [3.05, 3.63) is 40.0 Å². The summed E-state index contributed by atoms with van der Waals surface area (Å²) in [5, 5.41) is 4.38. The van der Waals surface area contributed by atoms with Gasteiger partial charge in [-0.1, -0.05) is 6.07 Å². The molecule has 0 saturated carbocycles. The molecule has 0 spiro atoms. The van der Waals surface area contributed by atoms with E-state index in [1.54, 1.807) is 11.3 Å². The molecular weight excluding hydrogens is 206 g/mol. The minimum Gasteiger partial charge on any atom is -0.365 e. The highest BCUT2D eigenvalue weighted by atomic mass is 32.1. The lowest BCUT2D eigenvalue weighted by Gasteiger charge is -2.03. The molecule has 0 aliphatic rings. The lowest BCUT2D eigenvalue weighted by atomic mass is 10.4. The summed E-state index contributed by atoms with van der Waals surface area (Å²) in [6.07, 6.45) is 1.91. The van der Waals surface area contributed by atoms with E-state index >= 15 is 0 Å². The van der Waals surface area contributed by atoms with Crippen molar-refractivity contribution in [2.24, 2.45) is 0 Å². The molecular formula is C11H13N3S. The van der Waals surface area contributed by atoms with E-state index in [0.717, 1.165) is 23.1 Å². The molecule has 2 aromatic heterocycles. The number of anilines is 1. The molecule has 4 heteroatoms. The third kappa shape index (κ3) is 2.76. The van der Waals surface area contributed by atoms with Crippen molar-refractivity contribution in [3.8, 4) is 0 Å². The molecule has 78 valence electrons. The number of aryl methyl sites for hydroxylation is 2. The Morgan fingerprint density at radius 1 is 1.33 bits per heavy atom. The third-order valence-corrected chi connectivity index (χ3v) is 2.91. The molecule has 0 unspecified atom stereocenters. The van der Waals surface area contributed by atoms with Crippen molar-refractivity contribution in [2.45, 2.75) is 20.4 Å². The Kier molecular flexibility index (Phi) is 2.97. The predicted molar refractivity (Wildman–Crippen MR) is 63.2 cm³/mol. The van der Waals surface area contributed by atoms with E-state index in [4.69, 9.17) is 0 Å². The molecule has 0 radical (unpaired) electrons. The topological polar surface area (TPSA) is 37.8 Å². The first-order valence-electron chi connectivity index (χ1n) is 4.83. The number of nitrogens with zero attached hydrogens (tertiary/aromatic N) is 2. The number of thiazole rings is 1. The smallest absolute Gasteiger partial charge is 0.126 e. The fourth-order valence-corrected chi connectivity index (χ4v) is 2.04. The Bertz CT molecular complexity index is 451. The van der Waals surface area contributed by atoms with Crippen LogP contribution in [0, 0.1) is 13.8 Å². The molecule has 0 aliphatic carbocycles. The molecule has 3 nitrogen and oxygen atoms in total. The van der Waals surface area contributed by atoms with Crippen LogP contribution in [0.3, 0.4) is 0 Å². The van der Waals surface area contributed by atoms with Gasteiger partial charge in [0.25, 0.3) is 0 Å². The van der Waals surface area contributed by atoms with Crippen molar-refractivity contribution in [2.75, 3.05) is 5.32 Å². The molecule has 0 amide bonds. The van der Waals surface area contributed by atoms with Crippen molar-refractivity contribution in [3.63, 3.8) is 0 Å². The van der Waals surface area contributed by atoms with Crippen LogP contribution in [0.5, 0.6) is 0 Å². The Morgan fingerprint density at radius 2 is 2.20 bits per heavy atom.